The zero-order valence-corrected chi connectivity index (χ0v) is 9.40. The Morgan fingerprint density at radius 1 is 1.07 bits per heavy atom. The van der Waals surface area contributed by atoms with Gasteiger partial charge in [-0.05, 0) is 19.3 Å². The summed E-state index contributed by atoms with van der Waals surface area (Å²) in [5.41, 5.74) is 0. The van der Waals surface area contributed by atoms with Crippen molar-refractivity contribution in [2.24, 2.45) is 11.8 Å². The topological polar surface area (TPSA) is 57.6 Å². The largest absolute Gasteiger partial charge is 0.396 e. The first-order valence-electron chi connectivity index (χ1n) is 5.55. The van der Waals surface area contributed by atoms with Gasteiger partial charge in [0.15, 0.2) is 0 Å². The zero-order valence-electron chi connectivity index (χ0n) is 9.40. The van der Waals surface area contributed by atoms with Crippen LogP contribution < -0.4 is 0 Å². The molecule has 4 heteroatoms. The van der Waals surface area contributed by atoms with Gasteiger partial charge in [0.2, 0.25) is 11.8 Å². The molecule has 2 atom stereocenters. The van der Waals surface area contributed by atoms with Crippen LogP contribution in [-0.2, 0) is 9.59 Å². The molecule has 2 unspecified atom stereocenters. The molecule has 1 N–H and O–H groups in total. The van der Waals surface area contributed by atoms with Crippen LogP contribution in [0.1, 0.15) is 33.1 Å². The maximum Gasteiger partial charge on any atom is 0.232 e. The fraction of sp³-hybridized carbons (Fsp3) is 0.818. The van der Waals surface area contributed by atoms with Crippen LogP contribution in [0.3, 0.4) is 0 Å². The number of imide groups is 1. The molecule has 0 bridgehead atoms. The van der Waals surface area contributed by atoms with Crippen molar-refractivity contribution in [1.29, 1.82) is 0 Å². The number of rotatable bonds is 5. The number of nitrogens with zero attached hydrogens (tertiary/aromatic N) is 1. The van der Waals surface area contributed by atoms with E-state index in [0.29, 0.717) is 6.54 Å². The van der Waals surface area contributed by atoms with E-state index in [2.05, 4.69) is 0 Å². The van der Waals surface area contributed by atoms with Gasteiger partial charge in [0, 0.05) is 25.0 Å². The number of aliphatic hydroxyl groups excluding tert-OH is 1. The average Bonchev–Trinajstić information content (AvgIpc) is 2.41. The van der Waals surface area contributed by atoms with E-state index < -0.39 is 0 Å². The molecule has 86 valence electrons. The van der Waals surface area contributed by atoms with Crippen molar-refractivity contribution in [3.8, 4) is 0 Å². The van der Waals surface area contributed by atoms with Gasteiger partial charge in [-0.1, -0.05) is 13.8 Å². The van der Waals surface area contributed by atoms with Crippen LogP contribution in [0.2, 0.25) is 0 Å². The number of hydrogen-bond acceptors (Lipinski definition) is 3. The first kappa shape index (κ1) is 12.2. The van der Waals surface area contributed by atoms with Crippen molar-refractivity contribution in [2.75, 3.05) is 13.2 Å². The zero-order chi connectivity index (χ0) is 11.4. The molecule has 0 aromatic rings. The number of amides is 2. The lowest BCUT2D eigenvalue weighted by Gasteiger charge is -2.13. The van der Waals surface area contributed by atoms with E-state index in [4.69, 9.17) is 5.11 Å². The average molecular weight is 213 g/mol. The third-order valence-electron chi connectivity index (χ3n) is 3.10. The van der Waals surface area contributed by atoms with Crippen LogP contribution in [0.5, 0.6) is 0 Å². The van der Waals surface area contributed by atoms with Gasteiger partial charge in [-0.25, -0.2) is 0 Å². The Kier molecular flexibility index (Phi) is 4.27. The SMILES string of the molecule is CC1C(=O)N(CCCCCO)C(=O)C1C. The first-order valence-corrected chi connectivity index (χ1v) is 5.55. The molecular weight excluding hydrogens is 194 g/mol. The quantitative estimate of drug-likeness (QED) is 0.542. The van der Waals surface area contributed by atoms with E-state index in [9.17, 15) is 9.59 Å². The maximum absolute atomic E-state index is 11.6. The van der Waals surface area contributed by atoms with Gasteiger partial charge in [-0.2, -0.15) is 0 Å². The molecule has 0 aliphatic carbocycles. The van der Waals surface area contributed by atoms with Gasteiger partial charge in [0.1, 0.15) is 0 Å². The molecule has 0 aromatic carbocycles. The highest BCUT2D eigenvalue weighted by Crippen LogP contribution is 2.25. The number of likely N-dealkylation sites (tertiary alicyclic amines) is 1. The monoisotopic (exact) mass is 213 g/mol. The van der Waals surface area contributed by atoms with E-state index >= 15 is 0 Å². The van der Waals surface area contributed by atoms with Gasteiger partial charge in [-0.3, -0.25) is 14.5 Å². The normalized spacial score (nSPS) is 26.5. The highest BCUT2D eigenvalue weighted by molar-refractivity contribution is 6.04. The lowest BCUT2D eigenvalue weighted by molar-refractivity contribution is -0.139. The third kappa shape index (κ3) is 2.56. The molecule has 0 aromatic heterocycles. The molecule has 1 heterocycles. The standard InChI is InChI=1S/C11H19NO3/c1-8-9(2)11(15)12(10(8)14)6-4-3-5-7-13/h8-9,13H,3-7H2,1-2H3. The lowest BCUT2D eigenvalue weighted by atomic mass is 10.00. The Labute approximate surface area is 90.3 Å². The van der Waals surface area contributed by atoms with E-state index in [-0.39, 0.29) is 30.3 Å². The van der Waals surface area contributed by atoms with Crippen molar-refractivity contribution in [1.82, 2.24) is 4.90 Å². The summed E-state index contributed by atoms with van der Waals surface area (Å²) < 4.78 is 0. The van der Waals surface area contributed by atoms with Crippen LogP contribution in [0.25, 0.3) is 0 Å². The van der Waals surface area contributed by atoms with Crippen molar-refractivity contribution in [3.05, 3.63) is 0 Å². The summed E-state index contributed by atoms with van der Waals surface area (Å²) in [5.74, 6) is -0.432. The Bertz CT molecular complexity index is 232. The van der Waals surface area contributed by atoms with Crippen molar-refractivity contribution >= 4 is 11.8 Å². The highest BCUT2D eigenvalue weighted by atomic mass is 16.3. The smallest absolute Gasteiger partial charge is 0.232 e. The highest BCUT2D eigenvalue weighted by Gasteiger charge is 2.41. The van der Waals surface area contributed by atoms with E-state index in [1.807, 2.05) is 0 Å². The molecule has 4 nitrogen and oxygen atoms in total. The molecule has 15 heavy (non-hydrogen) atoms. The van der Waals surface area contributed by atoms with Crippen LogP contribution in [-0.4, -0.2) is 35.0 Å². The van der Waals surface area contributed by atoms with Crippen molar-refractivity contribution < 1.29 is 14.7 Å². The van der Waals surface area contributed by atoms with Crippen molar-refractivity contribution in [3.63, 3.8) is 0 Å². The Hall–Kier alpha value is -0.900. The molecule has 0 saturated carbocycles. The van der Waals surface area contributed by atoms with Gasteiger partial charge in [0.05, 0.1) is 0 Å². The van der Waals surface area contributed by atoms with Gasteiger partial charge >= 0.3 is 0 Å². The fourth-order valence-corrected chi connectivity index (χ4v) is 1.81. The summed E-state index contributed by atoms with van der Waals surface area (Å²) in [5, 5.41) is 8.60. The van der Waals surface area contributed by atoms with Gasteiger partial charge in [0.25, 0.3) is 0 Å². The number of hydrogen-bond donors (Lipinski definition) is 1. The fourth-order valence-electron chi connectivity index (χ4n) is 1.81. The van der Waals surface area contributed by atoms with Crippen LogP contribution in [0.4, 0.5) is 0 Å². The number of aliphatic hydroxyl groups is 1. The molecule has 0 radical (unpaired) electrons. The molecule has 2 amide bonds. The van der Waals surface area contributed by atoms with Gasteiger partial charge in [-0.15, -0.1) is 0 Å². The number of carbonyl (C=O) groups excluding carboxylic acids is 2. The number of carbonyl (C=O) groups is 2. The summed E-state index contributed by atoms with van der Waals surface area (Å²) in [7, 11) is 0. The number of unbranched alkanes of at least 4 members (excludes halogenated alkanes) is 2. The lowest BCUT2D eigenvalue weighted by Crippen LogP contribution is -2.31. The summed E-state index contributed by atoms with van der Waals surface area (Å²) >= 11 is 0. The second-order valence-electron chi connectivity index (χ2n) is 4.19. The Morgan fingerprint density at radius 3 is 2.07 bits per heavy atom. The minimum absolute atomic E-state index is 0.0449. The molecule has 1 saturated heterocycles. The van der Waals surface area contributed by atoms with E-state index in [1.165, 1.54) is 4.90 Å². The maximum atomic E-state index is 11.6. The third-order valence-corrected chi connectivity index (χ3v) is 3.10. The molecule has 0 spiro atoms. The van der Waals surface area contributed by atoms with Crippen LogP contribution in [0, 0.1) is 11.8 Å². The predicted octanol–water partition coefficient (Wildman–Crippen LogP) is 0.790. The molecular formula is C11H19NO3. The predicted molar refractivity (Wildman–Crippen MR) is 56.0 cm³/mol. The minimum atomic E-state index is -0.171. The molecule has 1 aliphatic rings. The van der Waals surface area contributed by atoms with Crippen LogP contribution >= 0.6 is 0 Å². The first-order chi connectivity index (χ1) is 7.09. The van der Waals surface area contributed by atoms with E-state index in [1.54, 1.807) is 13.8 Å². The minimum Gasteiger partial charge on any atom is -0.396 e. The second-order valence-corrected chi connectivity index (χ2v) is 4.19. The summed E-state index contributed by atoms with van der Waals surface area (Å²) in [6, 6.07) is 0. The van der Waals surface area contributed by atoms with E-state index in [0.717, 1.165) is 19.3 Å². The summed E-state index contributed by atoms with van der Waals surface area (Å²) in [6.07, 6.45) is 2.38. The Morgan fingerprint density at radius 2 is 1.60 bits per heavy atom. The second kappa shape index (κ2) is 5.26. The molecule has 1 rings (SSSR count). The summed E-state index contributed by atoms with van der Waals surface area (Å²) in [4.78, 5) is 24.7. The molecule has 1 fully saturated rings. The summed E-state index contributed by atoms with van der Waals surface area (Å²) in [6.45, 7) is 4.29. The Balaban J connectivity index is 2.41. The van der Waals surface area contributed by atoms with Crippen LogP contribution in [0.15, 0.2) is 0 Å². The van der Waals surface area contributed by atoms with Gasteiger partial charge < -0.3 is 5.11 Å². The van der Waals surface area contributed by atoms with Crippen molar-refractivity contribution in [2.45, 2.75) is 33.1 Å². The molecule has 1 aliphatic heterocycles.